The molecule has 0 amide bonds. The molecule has 2 aliphatic carbocycles. The summed E-state index contributed by atoms with van der Waals surface area (Å²) in [6.07, 6.45) is 3.45. The highest BCUT2D eigenvalue weighted by Gasteiger charge is 2.55. The van der Waals surface area contributed by atoms with Crippen molar-refractivity contribution >= 4 is 5.78 Å². The van der Waals surface area contributed by atoms with Gasteiger partial charge in [-0.3, -0.25) is 4.79 Å². The van der Waals surface area contributed by atoms with Crippen LogP contribution in [0.1, 0.15) is 19.3 Å². The standard InChI is InChI=1S/C10H15NO/c1-11-3-2-7-6-4-8(10(7)11)9(12)5-6/h6-8,10H,2-5H2,1H3. The number of ketones is 1. The first kappa shape index (κ1) is 7.07. The molecule has 2 saturated carbocycles. The van der Waals surface area contributed by atoms with Crippen molar-refractivity contribution in [3.63, 3.8) is 0 Å². The molecule has 1 saturated heterocycles. The molecule has 0 N–H and O–H groups in total. The van der Waals surface area contributed by atoms with E-state index >= 15 is 0 Å². The molecule has 12 heavy (non-hydrogen) atoms. The molecule has 1 heterocycles. The monoisotopic (exact) mass is 165 g/mol. The van der Waals surface area contributed by atoms with Crippen molar-refractivity contribution in [2.45, 2.75) is 25.3 Å². The molecule has 4 atom stereocenters. The zero-order valence-electron chi connectivity index (χ0n) is 7.49. The van der Waals surface area contributed by atoms with Crippen LogP contribution in [-0.4, -0.2) is 30.3 Å². The Labute approximate surface area is 72.9 Å². The van der Waals surface area contributed by atoms with Gasteiger partial charge in [-0.2, -0.15) is 0 Å². The van der Waals surface area contributed by atoms with Crippen LogP contribution in [0.25, 0.3) is 0 Å². The Morgan fingerprint density at radius 2 is 2.33 bits per heavy atom. The second kappa shape index (κ2) is 2.11. The number of fused-ring (bicyclic) bond motifs is 5. The summed E-state index contributed by atoms with van der Waals surface area (Å²) in [5.74, 6) is 2.61. The average molecular weight is 165 g/mol. The van der Waals surface area contributed by atoms with Gasteiger partial charge >= 0.3 is 0 Å². The first-order chi connectivity index (χ1) is 5.77. The fraction of sp³-hybridized carbons (Fsp3) is 0.900. The predicted molar refractivity (Wildman–Crippen MR) is 45.7 cm³/mol. The molecule has 2 heteroatoms. The van der Waals surface area contributed by atoms with Gasteiger partial charge in [0.25, 0.3) is 0 Å². The van der Waals surface area contributed by atoms with Gasteiger partial charge in [-0.25, -0.2) is 0 Å². The van der Waals surface area contributed by atoms with Gasteiger partial charge in [-0.15, -0.1) is 0 Å². The van der Waals surface area contributed by atoms with Crippen molar-refractivity contribution in [1.82, 2.24) is 4.90 Å². The highest BCUT2D eigenvalue weighted by Crippen LogP contribution is 2.52. The molecule has 2 nitrogen and oxygen atoms in total. The lowest BCUT2D eigenvalue weighted by Gasteiger charge is -2.27. The Bertz CT molecular complexity index is 238. The molecule has 0 aromatic rings. The number of hydrogen-bond acceptors (Lipinski definition) is 2. The van der Waals surface area contributed by atoms with Gasteiger partial charge in [0.2, 0.25) is 0 Å². The van der Waals surface area contributed by atoms with Crippen molar-refractivity contribution in [2.75, 3.05) is 13.6 Å². The van der Waals surface area contributed by atoms with Crippen molar-refractivity contribution in [3.05, 3.63) is 0 Å². The third-order valence-corrected chi connectivity index (χ3v) is 4.21. The Morgan fingerprint density at radius 3 is 3.17 bits per heavy atom. The fourth-order valence-corrected chi connectivity index (χ4v) is 3.73. The Morgan fingerprint density at radius 1 is 1.50 bits per heavy atom. The largest absolute Gasteiger partial charge is 0.302 e. The zero-order valence-corrected chi connectivity index (χ0v) is 7.49. The lowest BCUT2D eigenvalue weighted by Crippen LogP contribution is -2.38. The van der Waals surface area contributed by atoms with Crippen LogP contribution in [0.15, 0.2) is 0 Å². The molecular weight excluding hydrogens is 150 g/mol. The van der Waals surface area contributed by atoms with Gasteiger partial charge in [-0.1, -0.05) is 0 Å². The number of likely N-dealkylation sites (tertiary alicyclic amines) is 1. The molecule has 3 fully saturated rings. The molecule has 0 aromatic carbocycles. The highest BCUT2D eigenvalue weighted by atomic mass is 16.1. The zero-order chi connectivity index (χ0) is 8.29. The Balaban J connectivity index is 1.95. The molecule has 3 aliphatic rings. The maximum Gasteiger partial charge on any atom is 0.137 e. The van der Waals surface area contributed by atoms with Gasteiger partial charge in [0.1, 0.15) is 5.78 Å². The maximum atomic E-state index is 11.5. The fourth-order valence-electron chi connectivity index (χ4n) is 3.73. The SMILES string of the molecule is CN1CCC2C3CC(=O)C(C3)C21. The quantitative estimate of drug-likeness (QED) is 0.532. The Kier molecular flexibility index (Phi) is 1.24. The van der Waals surface area contributed by atoms with Crippen LogP contribution in [0.5, 0.6) is 0 Å². The predicted octanol–water partition coefficient (Wildman–Crippen LogP) is 0.916. The molecule has 2 bridgehead atoms. The number of carbonyl (C=O) groups is 1. The van der Waals surface area contributed by atoms with E-state index in [1.165, 1.54) is 19.4 Å². The van der Waals surface area contributed by atoms with Crippen LogP contribution in [0.2, 0.25) is 0 Å². The first-order valence-electron chi connectivity index (χ1n) is 5.00. The topological polar surface area (TPSA) is 20.3 Å². The van der Waals surface area contributed by atoms with Crippen LogP contribution in [0, 0.1) is 17.8 Å². The number of nitrogens with zero attached hydrogens (tertiary/aromatic N) is 1. The lowest BCUT2D eigenvalue weighted by molar-refractivity contribution is -0.123. The van der Waals surface area contributed by atoms with Crippen LogP contribution in [0.3, 0.4) is 0 Å². The summed E-state index contributed by atoms with van der Waals surface area (Å²) in [7, 11) is 2.18. The van der Waals surface area contributed by atoms with Gasteiger partial charge < -0.3 is 4.90 Å². The maximum absolute atomic E-state index is 11.5. The van der Waals surface area contributed by atoms with Crippen molar-refractivity contribution in [1.29, 1.82) is 0 Å². The summed E-state index contributed by atoms with van der Waals surface area (Å²) in [6, 6.07) is 0.635. The van der Waals surface area contributed by atoms with E-state index in [0.717, 1.165) is 18.3 Å². The van der Waals surface area contributed by atoms with Gasteiger partial charge in [0, 0.05) is 18.4 Å². The Hall–Kier alpha value is -0.370. The molecule has 0 spiro atoms. The average Bonchev–Trinajstić information content (AvgIpc) is 2.62. The molecule has 1 aliphatic heterocycles. The normalized spacial score (nSPS) is 51.9. The second-order valence-corrected chi connectivity index (χ2v) is 4.70. The summed E-state index contributed by atoms with van der Waals surface area (Å²) in [5.41, 5.74) is 0. The van der Waals surface area contributed by atoms with Crippen molar-refractivity contribution < 1.29 is 4.79 Å². The van der Waals surface area contributed by atoms with Crippen molar-refractivity contribution in [3.8, 4) is 0 Å². The summed E-state index contributed by atoms with van der Waals surface area (Å²) >= 11 is 0. The van der Waals surface area contributed by atoms with E-state index in [0.29, 0.717) is 17.7 Å². The van der Waals surface area contributed by atoms with E-state index in [2.05, 4.69) is 11.9 Å². The molecule has 66 valence electrons. The van der Waals surface area contributed by atoms with Gasteiger partial charge in [-0.05, 0) is 38.3 Å². The van der Waals surface area contributed by atoms with E-state index in [-0.39, 0.29) is 0 Å². The number of rotatable bonds is 0. The minimum Gasteiger partial charge on any atom is -0.302 e. The second-order valence-electron chi connectivity index (χ2n) is 4.70. The smallest absolute Gasteiger partial charge is 0.137 e. The molecular formula is C10H15NO. The van der Waals surface area contributed by atoms with Crippen LogP contribution >= 0.6 is 0 Å². The van der Waals surface area contributed by atoms with Gasteiger partial charge in [0.15, 0.2) is 0 Å². The van der Waals surface area contributed by atoms with Crippen LogP contribution in [0.4, 0.5) is 0 Å². The number of hydrogen-bond donors (Lipinski definition) is 0. The van der Waals surface area contributed by atoms with E-state index < -0.39 is 0 Å². The van der Waals surface area contributed by atoms with E-state index in [1.807, 2.05) is 0 Å². The summed E-state index contributed by atoms with van der Waals surface area (Å²) in [4.78, 5) is 13.9. The molecule has 3 rings (SSSR count). The highest BCUT2D eigenvalue weighted by molar-refractivity contribution is 5.85. The van der Waals surface area contributed by atoms with E-state index in [9.17, 15) is 4.79 Å². The van der Waals surface area contributed by atoms with E-state index in [1.54, 1.807) is 0 Å². The van der Waals surface area contributed by atoms with E-state index in [4.69, 9.17) is 0 Å². The minimum atomic E-state index is 0.424. The third-order valence-electron chi connectivity index (χ3n) is 4.21. The molecule has 0 radical (unpaired) electrons. The first-order valence-corrected chi connectivity index (χ1v) is 5.00. The van der Waals surface area contributed by atoms with Crippen LogP contribution < -0.4 is 0 Å². The minimum absolute atomic E-state index is 0.424. The van der Waals surface area contributed by atoms with Crippen molar-refractivity contribution in [2.24, 2.45) is 17.8 Å². The van der Waals surface area contributed by atoms with Crippen LogP contribution in [-0.2, 0) is 4.79 Å². The molecule has 0 aromatic heterocycles. The number of carbonyl (C=O) groups excluding carboxylic acids is 1. The lowest BCUT2D eigenvalue weighted by atomic mass is 9.84. The summed E-state index contributed by atoms with van der Waals surface area (Å²) in [6.45, 7) is 1.22. The third kappa shape index (κ3) is 0.674. The van der Waals surface area contributed by atoms with Gasteiger partial charge in [0.05, 0.1) is 0 Å². The molecule has 4 unspecified atom stereocenters. The number of Topliss-reactive ketones (excluding diaryl/α,β-unsaturated/α-hetero) is 1. The summed E-state index contributed by atoms with van der Waals surface area (Å²) < 4.78 is 0. The summed E-state index contributed by atoms with van der Waals surface area (Å²) in [5, 5.41) is 0.